The summed E-state index contributed by atoms with van der Waals surface area (Å²) < 4.78 is 13.1. The average molecular weight is 224 g/mol. The molecule has 0 spiro atoms. The molecule has 0 aromatic heterocycles. The highest BCUT2D eigenvalue weighted by atomic mass is 19.1. The number of nitrogens with one attached hydrogen (secondary N) is 2. The van der Waals surface area contributed by atoms with Gasteiger partial charge in [0.1, 0.15) is 11.6 Å². The summed E-state index contributed by atoms with van der Waals surface area (Å²) in [6.45, 7) is 1.69. The SMILES string of the molecule is CC(=O)CCNC(=O)Nc1ccccc1F. The fourth-order valence-corrected chi connectivity index (χ4v) is 1.08. The maximum Gasteiger partial charge on any atom is 0.319 e. The number of rotatable bonds is 4. The molecule has 2 amide bonds. The smallest absolute Gasteiger partial charge is 0.319 e. The van der Waals surface area contributed by atoms with E-state index < -0.39 is 11.8 Å². The largest absolute Gasteiger partial charge is 0.337 e. The van der Waals surface area contributed by atoms with Crippen LogP contribution < -0.4 is 10.6 Å². The third-order valence-corrected chi connectivity index (χ3v) is 1.88. The molecule has 2 N–H and O–H groups in total. The van der Waals surface area contributed by atoms with Gasteiger partial charge in [-0.15, -0.1) is 0 Å². The van der Waals surface area contributed by atoms with Crippen molar-refractivity contribution in [3.8, 4) is 0 Å². The summed E-state index contributed by atoms with van der Waals surface area (Å²) in [7, 11) is 0. The Hall–Kier alpha value is -1.91. The van der Waals surface area contributed by atoms with Crippen molar-refractivity contribution in [1.29, 1.82) is 0 Å². The van der Waals surface area contributed by atoms with Crippen LogP contribution in [0.5, 0.6) is 0 Å². The number of Topliss-reactive ketones (excluding diaryl/α,β-unsaturated/α-hetero) is 1. The molecule has 0 atom stereocenters. The van der Waals surface area contributed by atoms with Gasteiger partial charge in [-0.1, -0.05) is 12.1 Å². The van der Waals surface area contributed by atoms with Gasteiger partial charge < -0.3 is 10.6 Å². The highest BCUT2D eigenvalue weighted by Gasteiger charge is 2.05. The summed E-state index contributed by atoms with van der Waals surface area (Å²) >= 11 is 0. The van der Waals surface area contributed by atoms with Crippen LogP contribution in [0.25, 0.3) is 0 Å². The summed E-state index contributed by atoms with van der Waals surface area (Å²) in [4.78, 5) is 21.9. The van der Waals surface area contributed by atoms with Gasteiger partial charge in [-0.05, 0) is 19.1 Å². The predicted octanol–water partition coefficient (Wildman–Crippen LogP) is 1.93. The topological polar surface area (TPSA) is 58.2 Å². The number of anilines is 1. The molecule has 0 aliphatic rings. The van der Waals surface area contributed by atoms with Crippen molar-refractivity contribution in [3.63, 3.8) is 0 Å². The number of benzene rings is 1. The second-order valence-corrected chi connectivity index (χ2v) is 3.31. The van der Waals surface area contributed by atoms with Crippen molar-refractivity contribution in [1.82, 2.24) is 5.32 Å². The summed E-state index contributed by atoms with van der Waals surface area (Å²) in [5, 5.41) is 4.80. The van der Waals surface area contributed by atoms with Gasteiger partial charge in [0.15, 0.2) is 0 Å². The lowest BCUT2D eigenvalue weighted by Gasteiger charge is -2.07. The summed E-state index contributed by atoms with van der Waals surface area (Å²) in [5.74, 6) is -0.504. The number of carbonyl (C=O) groups excluding carboxylic acids is 2. The Bertz CT molecular complexity index is 393. The summed E-state index contributed by atoms with van der Waals surface area (Å²) in [6, 6.07) is 5.35. The number of urea groups is 1. The molecule has 1 aromatic rings. The third kappa shape index (κ3) is 4.08. The number of ketones is 1. The molecule has 4 nitrogen and oxygen atoms in total. The minimum atomic E-state index is -0.522. The zero-order valence-corrected chi connectivity index (χ0v) is 8.92. The molecule has 0 radical (unpaired) electrons. The molecule has 0 unspecified atom stereocenters. The van der Waals surface area contributed by atoms with E-state index >= 15 is 0 Å². The summed E-state index contributed by atoms with van der Waals surface area (Å²) in [6.07, 6.45) is 0.269. The van der Waals surface area contributed by atoms with Crippen LogP contribution in [0.4, 0.5) is 14.9 Å². The molecular weight excluding hydrogens is 211 g/mol. The highest BCUT2D eigenvalue weighted by molar-refractivity contribution is 5.89. The first-order valence-corrected chi connectivity index (χ1v) is 4.88. The highest BCUT2D eigenvalue weighted by Crippen LogP contribution is 2.11. The molecule has 16 heavy (non-hydrogen) atoms. The van der Waals surface area contributed by atoms with E-state index in [1.165, 1.54) is 25.1 Å². The molecule has 86 valence electrons. The lowest BCUT2D eigenvalue weighted by Crippen LogP contribution is -2.30. The van der Waals surface area contributed by atoms with Crippen LogP contribution in [0.15, 0.2) is 24.3 Å². The Kier molecular flexibility index (Phi) is 4.44. The zero-order valence-electron chi connectivity index (χ0n) is 8.92. The Balaban J connectivity index is 2.40. The van der Waals surface area contributed by atoms with Crippen molar-refractivity contribution in [3.05, 3.63) is 30.1 Å². The fourth-order valence-electron chi connectivity index (χ4n) is 1.08. The normalized spacial score (nSPS) is 9.62. The molecule has 0 aliphatic carbocycles. The predicted molar refractivity (Wildman–Crippen MR) is 58.7 cm³/mol. The zero-order chi connectivity index (χ0) is 12.0. The monoisotopic (exact) mass is 224 g/mol. The Labute approximate surface area is 92.8 Å². The van der Waals surface area contributed by atoms with Crippen LogP contribution in [-0.2, 0) is 4.79 Å². The Morgan fingerprint density at radius 1 is 1.31 bits per heavy atom. The van der Waals surface area contributed by atoms with E-state index in [4.69, 9.17) is 0 Å². The maximum atomic E-state index is 13.1. The van der Waals surface area contributed by atoms with E-state index in [0.717, 1.165) is 0 Å². The molecule has 0 heterocycles. The van der Waals surface area contributed by atoms with E-state index in [-0.39, 0.29) is 24.4 Å². The van der Waals surface area contributed by atoms with E-state index in [0.29, 0.717) is 0 Å². The van der Waals surface area contributed by atoms with Crippen LogP contribution in [0.3, 0.4) is 0 Å². The average Bonchev–Trinajstić information content (AvgIpc) is 2.21. The molecule has 5 heteroatoms. The van der Waals surface area contributed by atoms with Crippen molar-refractivity contribution in [2.24, 2.45) is 0 Å². The second-order valence-electron chi connectivity index (χ2n) is 3.31. The first-order valence-electron chi connectivity index (χ1n) is 4.88. The number of carbonyl (C=O) groups is 2. The molecule has 0 bridgehead atoms. The molecule has 0 saturated carbocycles. The maximum absolute atomic E-state index is 13.1. The van der Waals surface area contributed by atoms with Gasteiger partial charge in [0.25, 0.3) is 0 Å². The van der Waals surface area contributed by atoms with E-state index in [1.54, 1.807) is 6.07 Å². The van der Waals surface area contributed by atoms with Crippen LogP contribution in [-0.4, -0.2) is 18.4 Å². The molecule has 0 fully saturated rings. The van der Waals surface area contributed by atoms with Crippen LogP contribution >= 0.6 is 0 Å². The Morgan fingerprint density at radius 2 is 2.00 bits per heavy atom. The van der Waals surface area contributed by atoms with Gasteiger partial charge in [-0.25, -0.2) is 9.18 Å². The number of para-hydroxylation sites is 1. The first kappa shape index (κ1) is 12.2. The number of hydrogen-bond donors (Lipinski definition) is 2. The molecular formula is C11H13FN2O2. The van der Waals surface area contributed by atoms with Gasteiger partial charge in [-0.2, -0.15) is 0 Å². The van der Waals surface area contributed by atoms with Crippen molar-refractivity contribution >= 4 is 17.5 Å². The number of amides is 2. The van der Waals surface area contributed by atoms with Gasteiger partial charge >= 0.3 is 6.03 Å². The Morgan fingerprint density at radius 3 is 2.62 bits per heavy atom. The van der Waals surface area contributed by atoms with Crippen molar-refractivity contribution in [2.45, 2.75) is 13.3 Å². The minimum Gasteiger partial charge on any atom is -0.337 e. The fraction of sp³-hybridized carbons (Fsp3) is 0.273. The third-order valence-electron chi connectivity index (χ3n) is 1.88. The van der Waals surface area contributed by atoms with E-state index in [9.17, 15) is 14.0 Å². The van der Waals surface area contributed by atoms with Crippen molar-refractivity contribution in [2.75, 3.05) is 11.9 Å². The molecule has 0 saturated heterocycles. The second kappa shape index (κ2) is 5.85. The van der Waals surface area contributed by atoms with Crippen LogP contribution in [0, 0.1) is 5.82 Å². The van der Waals surface area contributed by atoms with Crippen molar-refractivity contribution < 1.29 is 14.0 Å². The number of hydrogen-bond acceptors (Lipinski definition) is 2. The van der Waals surface area contributed by atoms with Crippen LogP contribution in [0.1, 0.15) is 13.3 Å². The van der Waals surface area contributed by atoms with Gasteiger partial charge in [0, 0.05) is 13.0 Å². The van der Waals surface area contributed by atoms with E-state index in [1.807, 2.05) is 0 Å². The molecule has 0 aliphatic heterocycles. The number of halogens is 1. The van der Waals surface area contributed by atoms with Crippen LogP contribution in [0.2, 0.25) is 0 Å². The molecule has 1 aromatic carbocycles. The quantitative estimate of drug-likeness (QED) is 0.820. The molecule has 1 rings (SSSR count). The van der Waals surface area contributed by atoms with Gasteiger partial charge in [0.2, 0.25) is 0 Å². The van der Waals surface area contributed by atoms with Gasteiger partial charge in [0.05, 0.1) is 5.69 Å². The van der Waals surface area contributed by atoms with E-state index in [2.05, 4.69) is 10.6 Å². The minimum absolute atomic E-state index is 0.00816. The first-order chi connectivity index (χ1) is 7.59. The lowest BCUT2D eigenvalue weighted by molar-refractivity contribution is -0.116. The standard InChI is InChI=1S/C11H13FN2O2/c1-8(15)6-7-13-11(16)14-10-5-3-2-4-9(10)12/h2-5H,6-7H2,1H3,(H2,13,14,16). The van der Waals surface area contributed by atoms with Gasteiger partial charge in [-0.3, -0.25) is 4.79 Å². The summed E-state index contributed by atoms with van der Waals surface area (Å²) in [5.41, 5.74) is 0.114. The lowest BCUT2D eigenvalue weighted by atomic mass is 10.3.